The van der Waals surface area contributed by atoms with Crippen LogP contribution in [0.3, 0.4) is 0 Å². The van der Waals surface area contributed by atoms with E-state index in [1.165, 1.54) is 4.90 Å². The number of aromatic nitrogens is 1. The first-order valence-corrected chi connectivity index (χ1v) is 5.92. The lowest BCUT2D eigenvalue weighted by molar-refractivity contribution is 1.05. The van der Waals surface area contributed by atoms with Crippen molar-refractivity contribution in [2.75, 3.05) is 5.75 Å². The Balaban J connectivity index is 1.81. The Morgan fingerprint density at radius 3 is 2.73 bits per heavy atom. The molecule has 0 saturated carbocycles. The predicted molar refractivity (Wildman–Crippen MR) is 63.9 cm³/mol. The van der Waals surface area contributed by atoms with Gasteiger partial charge in [0, 0.05) is 22.5 Å². The minimum atomic E-state index is 1.02. The highest BCUT2D eigenvalue weighted by molar-refractivity contribution is 7.99. The highest BCUT2D eigenvalue weighted by Crippen LogP contribution is 2.17. The molecule has 0 fully saturated rings. The van der Waals surface area contributed by atoms with Gasteiger partial charge in [0.1, 0.15) is 0 Å². The van der Waals surface area contributed by atoms with Gasteiger partial charge < -0.3 is 0 Å². The molecule has 0 unspecified atom stereocenters. The molecule has 0 spiro atoms. The van der Waals surface area contributed by atoms with Gasteiger partial charge in [0.25, 0.3) is 0 Å². The van der Waals surface area contributed by atoms with Crippen LogP contribution in [0.2, 0.25) is 0 Å². The molecular formula is C13H12NS. The normalized spacial score (nSPS) is 10.1. The van der Waals surface area contributed by atoms with Crippen LogP contribution in [0.4, 0.5) is 0 Å². The van der Waals surface area contributed by atoms with Crippen LogP contribution in [0.1, 0.15) is 5.69 Å². The van der Waals surface area contributed by atoms with Gasteiger partial charge in [-0.3, -0.25) is 4.98 Å². The topological polar surface area (TPSA) is 12.9 Å². The molecule has 15 heavy (non-hydrogen) atoms. The quantitative estimate of drug-likeness (QED) is 0.725. The first-order valence-electron chi connectivity index (χ1n) is 4.94. The number of rotatable bonds is 4. The second kappa shape index (κ2) is 5.56. The summed E-state index contributed by atoms with van der Waals surface area (Å²) in [5, 5.41) is 0. The fraction of sp³-hybridized carbons (Fsp3) is 0.154. The summed E-state index contributed by atoms with van der Waals surface area (Å²) in [6, 6.07) is 17.1. The van der Waals surface area contributed by atoms with Gasteiger partial charge in [0.05, 0.1) is 0 Å². The molecule has 0 N–H and O–H groups in total. The van der Waals surface area contributed by atoms with E-state index in [0.29, 0.717) is 0 Å². The van der Waals surface area contributed by atoms with Crippen molar-refractivity contribution >= 4 is 11.8 Å². The zero-order valence-electron chi connectivity index (χ0n) is 8.39. The predicted octanol–water partition coefficient (Wildman–Crippen LogP) is 3.22. The van der Waals surface area contributed by atoms with Gasteiger partial charge in [-0.15, -0.1) is 11.8 Å². The molecule has 2 aromatic rings. The Hall–Kier alpha value is -1.28. The maximum atomic E-state index is 4.29. The van der Waals surface area contributed by atoms with E-state index < -0.39 is 0 Å². The summed E-state index contributed by atoms with van der Waals surface area (Å²) in [7, 11) is 0. The zero-order valence-corrected chi connectivity index (χ0v) is 9.20. The van der Waals surface area contributed by atoms with Crippen LogP contribution < -0.4 is 0 Å². The summed E-state index contributed by atoms with van der Waals surface area (Å²) in [5.41, 5.74) is 1.16. The third-order valence-electron chi connectivity index (χ3n) is 2.04. The second-order valence-electron chi connectivity index (χ2n) is 3.16. The first-order chi connectivity index (χ1) is 7.45. The van der Waals surface area contributed by atoms with E-state index in [1.54, 1.807) is 0 Å². The molecule has 1 aromatic carbocycles. The van der Waals surface area contributed by atoms with Crippen molar-refractivity contribution in [1.82, 2.24) is 4.98 Å². The SMILES string of the molecule is [c]1ccc(SCCc2ccccn2)cc1. The molecule has 0 amide bonds. The molecule has 0 aliphatic carbocycles. The number of pyridine rings is 1. The van der Waals surface area contributed by atoms with Gasteiger partial charge in [-0.1, -0.05) is 18.2 Å². The molecule has 1 nitrogen and oxygen atoms in total. The number of benzene rings is 1. The van der Waals surface area contributed by atoms with Crippen molar-refractivity contribution in [3.63, 3.8) is 0 Å². The van der Waals surface area contributed by atoms with Gasteiger partial charge in [-0.05, 0) is 36.8 Å². The van der Waals surface area contributed by atoms with E-state index in [9.17, 15) is 0 Å². The van der Waals surface area contributed by atoms with Crippen molar-refractivity contribution in [2.24, 2.45) is 0 Å². The Morgan fingerprint density at radius 2 is 2.00 bits per heavy atom. The minimum Gasteiger partial charge on any atom is -0.261 e. The van der Waals surface area contributed by atoms with Crippen LogP contribution in [-0.4, -0.2) is 10.7 Å². The summed E-state index contributed by atoms with van der Waals surface area (Å²) in [4.78, 5) is 5.59. The molecule has 2 rings (SSSR count). The summed E-state index contributed by atoms with van der Waals surface area (Å²) < 4.78 is 0. The van der Waals surface area contributed by atoms with Crippen LogP contribution in [0, 0.1) is 6.07 Å². The standard InChI is InChI=1S/C13H12NS/c1-2-7-13(8-3-1)15-11-9-12-6-4-5-10-14-12/h2-8,10H,9,11H2. The fourth-order valence-corrected chi connectivity index (χ4v) is 2.16. The molecule has 0 saturated heterocycles. The highest BCUT2D eigenvalue weighted by Gasteiger charge is 1.95. The van der Waals surface area contributed by atoms with Crippen molar-refractivity contribution in [3.8, 4) is 0 Å². The molecule has 1 heterocycles. The van der Waals surface area contributed by atoms with Gasteiger partial charge in [-0.25, -0.2) is 0 Å². The number of aryl methyl sites for hydroxylation is 1. The average molecular weight is 214 g/mol. The van der Waals surface area contributed by atoms with Crippen molar-refractivity contribution in [2.45, 2.75) is 11.3 Å². The van der Waals surface area contributed by atoms with Crippen LogP contribution in [-0.2, 0) is 6.42 Å². The zero-order chi connectivity index (χ0) is 10.3. The summed E-state index contributed by atoms with van der Waals surface area (Å²) in [6.45, 7) is 0. The molecule has 1 radical (unpaired) electrons. The summed E-state index contributed by atoms with van der Waals surface area (Å²) in [5.74, 6) is 1.07. The molecule has 2 heteroatoms. The molecule has 0 aliphatic heterocycles. The van der Waals surface area contributed by atoms with Gasteiger partial charge in [-0.2, -0.15) is 0 Å². The molecule has 0 aliphatic rings. The second-order valence-corrected chi connectivity index (χ2v) is 4.32. The summed E-state index contributed by atoms with van der Waals surface area (Å²) in [6.07, 6.45) is 2.86. The van der Waals surface area contributed by atoms with E-state index in [2.05, 4.69) is 29.2 Å². The maximum Gasteiger partial charge on any atom is 0.0411 e. The number of nitrogens with zero attached hydrogens (tertiary/aromatic N) is 1. The lowest BCUT2D eigenvalue weighted by Crippen LogP contribution is -1.91. The average Bonchev–Trinajstić information content (AvgIpc) is 2.32. The molecule has 0 bridgehead atoms. The monoisotopic (exact) mass is 214 g/mol. The van der Waals surface area contributed by atoms with E-state index in [0.717, 1.165) is 17.9 Å². The number of thioether (sulfide) groups is 1. The minimum absolute atomic E-state index is 1.02. The van der Waals surface area contributed by atoms with Gasteiger partial charge >= 0.3 is 0 Å². The Morgan fingerprint density at radius 1 is 1.13 bits per heavy atom. The number of hydrogen-bond donors (Lipinski definition) is 0. The highest BCUT2D eigenvalue weighted by atomic mass is 32.2. The Bertz CT molecular complexity index is 346. The van der Waals surface area contributed by atoms with Crippen LogP contribution >= 0.6 is 11.8 Å². The fourth-order valence-electron chi connectivity index (χ4n) is 1.29. The number of hydrogen-bond acceptors (Lipinski definition) is 2. The first kappa shape index (κ1) is 10.2. The molecular weight excluding hydrogens is 202 g/mol. The van der Waals surface area contributed by atoms with E-state index in [4.69, 9.17) is 0 Å². The van der Waals surface area contributed by atoms with E-state index in [-0.39, 0.29) is 0 Å². The van der Waals surface area contributed by atoms with E-state index >= 15 is 0 Å². The Labute approximate surface area is 94.6 Å². The van der Waals surface area contributed by atoms with Crippen molar-refractivity contribution < 1.29 is 0 Å². The van der Waals surface area contributed by atoms with Crippen LogP contribution in [0.25, 0.3) is 0 Å². The Kier molecular flexibility index (Phi) is 3.80. The largest absolute Gasteiger partial charge is 0.261 e. The summed E-state index contributed by atoms with van der Waals surface area (Å²) >= 11 is 1.86. The molecule has 0 atom stereocenters. The van der Waals surface area contributed by atoms with Gasteiger partial charge in [0.15, 0.2) is 0 Å². The third kappa shape index (κ3) is 3.40. The lowest BCUT2D eigenvalue weighted by Gasteiger charge is -2.00. The van der Waals surface area contributed by atoms with Crippen molar-refractivity contribution in [3.05, 3.63) is 60.4 Å². The van der Waals surface area contributed by atoms with Crippen LogP contribution in [0.15, 0.2) is 53.6 Å². The lowest BCUT2D eigenvalue weighted by atomic mass is 10.3. The maximum absolute atomic E-state index is 4.29. The van der Waals surface area contributed by atoms with E-state index in [1.807, 2.05) is 42.2 Å². The van der Waals surface area contributed by atoms with Gasteiger partial charge in [0.2, 0.25) is 0 Å². The van der Waals surface area contributed by atoms with Crippen molar-refractivity contribution in [1.29, 1.82) is 0 Å². The molecule has 1 aromatic heterocycles. The molecule has 75 valence electrons. The third-order valence-corrected chi connectivity index (χ3v) is 3.05. The smallest absolute Gasteiger partial charge is 0.0411 e. The van der Waals surface area contributed by atoms with Crippen LogP contribution in [0.5, 0.6) is 0 Å².